The third kappa shape index (κ3) is 4.16. The second-order valence-corrected chi connectivity index (χ2v) is 5.31. The molecule has 2 aromatic rings. The van der Waals surface area contributed by atoms with Crippen LogP contribution in [0, 0.1) is 0 Å². The molecule has 0 saturated carbocycles. The molecule has 100 valence electrons. The largest absolute Gasteiger partial charge is 0.376 e. The van der Waals surface area contributed by atoms with Gasteiger partial charge in [0, 0.05) is 16.9 Å². The predicted octanol–water partition coefficient (Wildman–Crippen LogP) is 3.71. The number of nitrogens with two attached hydrogens (primary N) is 1. The van der Waals surface area contributed by atoms with Gasteiger partial charge in [0.1, 0.15) is 0 Å². The Kier molecular flexibility index (Phi) is 5.58. The Morgan fingerprint density at radius 2 is 1.68 bits per heavy atom. The Morgan fingerprint density at radius 1 is 1.00 bits per heavy atom. The van der Waals surface area contributed by atoms with Crippen molar-refractivity contribution in [3.63, 3.8) is 0 Å². The molecule has 0 fully saturated rings. The number of hydrogen-bond donors (Lipinski definition) is 1. The first-order chi connectivity index (χ1) is 9.31. The second-order valence-electron chi connectivity index (χ2n) is 4.45. The lowest BCUT2D eigenvalue weighted by atomic mass is 10.0. The molecular formula is C16H18BrNO. The van der Waals surface area contributed by atoms with Gasteiger partial charge in [-0.3, -0.25) is 0 Å². The van der Waals surface area contributed by atoms with E-state index in [9.17, 15) is 0 Å². The zero-order chi connectivity index (χ0) is 13.5. The summed E-state index contributed by atoms with van der Waals surface area (Å²) in [6.45, 7) is 1.84. The van der Waals surface area contributed by atoms with Crippen LogP contribution < -0.4 is 5.73 Å². The maximum atomic E-state index is 5.85. The van der Waals surface area contributed by atoms with Crippen LogP contribution in [0.2, 0.25) is 0 Å². The molecule has 1 unspecified atom stereocenters. The Balaban J connectivity index is 1.92. The third-order valence-electron chi connectivity index (χ3n) is 3.06. The number of rotatable bonds is 6. The van der Waals surface area contributed by atoms with Crippen molar-refractivity contribution in [3.05, 3.63) is 70.2 Å². The van der Waals surface area contributed by atoms with Gasteiger partial charge < -0.3 is 10.5 Å². The molecular weight excluding hydrogens is 302 g/mol. The molecule has 0 aliphatic heterocycles. The van der Waals surface area contributed by atoms with Gasteiger partial charge >= 0.3 is 0 Å². The Bertz CT molecular complexity index is 501. The fourth-order valence-corrected chi connectivity index (χ4v) is 2.59. The van der Waals surface area contributed by atoms with E-state index >= 15 is 0 Å². The molecule has 0 bridgehead atoms. The summed E-state index contributed by atoms with van der Waals surface area (Å²) in [6, 6.07) is 18.3. The molecule has 2 rings (SSSR count). The van der Waals surface area contributed by atoms with Gasteiger partial charge in [0.2, 0.25) is 0 Å². The quantitative estimate of drug-likeness (QED) is 0.881. The second kappa shape index (κ2) is 7.43. The van der Waals surface area contributed by atoms with Gasteiger partial charge in [0.05, 0.1) is 13.2 Å². The minimum Gasteiger partial charge on any atom is -0.376 e. The Hall–Kier alpha value is -1.16. The lowest BCUT2D eigenvalue weighted by molar-refractivity contribution is 0.108. The molecule has 0 aliphatic rings. The van der Waals surface area contributed by atoms with Crippen molar-refractivity contribution in [3.8, 4) is 0 Å². The highest BCUT2D eigenvalue weighted by Crippen LogP contribution is 2.24. The van der Waals surface area contributed by atoms with E-state index in [1.165, 1.54) is 11.1 Å². The predicted molar refractivity (Wildman–Crippen MR) is 82.0 cm³/mol. The van der Waals surface area contributed by atoms with E-state index < -0.39 is 0 Å². The summed E-state index contributed by atoms with van der Waals surface area (Å²) in [5, 5.41) is 0. The first kappa shape index (κ1) is 14.3. The molecule has 0 spiro atoms. The van der Waals surface area contributed by atoms with E-state index in [0.29, 0.717) is 19.8 Å². The Labute approximate surface area is 122 Å². The summed E-state index contributed by atoms with van der Waals surface area (Å²) in [5.41, 5.74) is 8.24. The van der Waals surface area contributed by atoms with Gasteiger partial charge in [0.25, 0.3) is 0 Å². The maximum absolute atomic E-state index is 5.85. The number of ether oxygens (including phenoxy) is 1. The zero-order valence-electron chi connectivity index (χ0n) is 10.8. The molecule has 2 N–H and O–H groups in total. The van der Waals surface area contributed by atoms with Crippen molar-refractivity contribution < 1.29 is 4.74 Å². The molecule has 2 nitrogen and oxygen atoms in total. The van der Waals surface area contributed by atoms with E-state index in [-0.39, 0.29) is 5.92 Å². The van der Waals surface area contributed by atoms with Crippen molar-refractivity contribution in [1.82, 2.24) is 0 Å². The van der Waals surface area contributed by atoms with Crippen molar-refractivity contribution in [2.75, 3.05) is 13.2 Å². The van der Waals surface area contributed by atoms with Gasteiger partial charge in [0.15, 0.2) is 0 Å². The average Bonchev–Trinajstić information content (AvgIpc) is 2.46. The maximum Gasteiger partial charge on any atom is 0.0717 e. The molecule has 1 atom stereocenters. The van der Waals surface area contributed by atoms with Crippen LogP contribution in [0.4, 0.5) is 0 Å². The van der Waals surface area contributed by atoms with E-state index in [1.54, 1.807) is 0 Å². The monoisotopic (exact) mass is 319 g/mol. The van der Waals surface area contributed by atoms with Crippen LogP contribution in [0.15, 0.2) is 59.1 Å². The van der Waals surface area contributed by atoms with Crippen LogP contribution in [0.25, 0.3) is 0 Å². The van der Waals surface area contributed by atoms with Crippen molar-refractivity contribution in [1.29, 1.82) is 0 Å². The summed E-state index contributed by atoms with van der Waals surface area (Å²) in [7, 11) is 0. The molecule has 0 saturated heterocycles. The average molecular weight is 320 g/mol. The van der Waals surface area contributed by atoms with Crippen LogP contribution in [-0.4, -0.2) is 13.2 Å². The van der Waals surface area contributed by atoms with E-state index in [4.69, 9.17) is 10.5 Å². The highest BCUT2D eigenvalue weighted by molar-refractivity contribution is 9.10. The van der Waals surface area contributed by atoms with Crippen molar-refractivity contribution >= 4 is 15.9 Å². The topological polar surface area (TPSA) is 35.2 Å². The lowest BCUT2D eigenvalue weighted by Gasteiger charge is -2.17. The molecule has 0 aliphatic carbocycles. The van der Waals surface area contributed by atoms with Gasteiger partial charge in [-0.25, -0.2) is 0 Å². The van der Waals surface area contributed by atoms with Crippen molar-refractivity contribution in [2.24, 2.45) is 5.73 Å². The lowest BCUT2D eigenvalue weighted by Crippen LogP contribution is -2.18. The zero-order valence-corrected chi connectivity index (χ0v) is 12.3. The highest BCUT2D eigenvalue weighted by atomic mass is 79.9. The van der Waals surface area contributed by atoms with Crippen LogP contribution in [-0.2, 0) is 11.3 Å². The normalized spacial score (nSPS) is 12.3. The van der Waals surface area contributed by atoms with Gasteiger partial charge in [-0.05, 0) is 17.2 Å². The molecule has 0 aromatic heterocycles. The summed E-state index contributed by atoms with van der Waals surface area (Å²) in [5.74, 6) is 0.222. The molecule has 0 heterocycles. The van der Waals surface area contributed by atoms with E-state index in [2.05, 4.69) is 34.1 Å². The van der Waals surface area contributed by atoms with E-state index in [0.717, 1.165) is 4.47 Å². The number of hydrogen-bond acceptors (Lipinski definition) is 2. The first-order valence-corrected chi connectivity index (χ1v) is 7.16. The minimum absolute atomic E-state index is 0.222. The van der Waals surface area contributed by atoms with Crippen LogP contribution in [0.3, 0.4) is 0 Å². The first-order valence-electron chi connectivity index (χ1n) is 6.37. The van der Waals surface area contributed by atoms with E-state index in [1.807, 2.05) is 36.4 Å². The highest BCUT2D eigenvalue weighted by Gasteiger charge is 2.12. The summed E-state index contributed by atoms with van der Waals surface area (Å²) >= 11 is 3.56. The smallest absolute Gasteiger partial charge is 0.0717 e. The molecule has 0 amide bonds. The van der Waals surface area contributed by atoms with Crippen molar-refractivity contribution in [2.45, 2.75) is 12.5 Å². The van der Waals surface area contributed by atoms with Gasteiger partial charge in [-0.15, -0.1) is 0 Å². The van der Waals surface area contributed by atoms with Crippen LogP contribution in [0.5, 0.6) is 0 Å². The van der Waals surface area contributed by atoms with Gasteiger partial charge in [-0.2, -0.15) is 0 Å². The number of benzene rings is 2. The summed E-state index contributed by atoms with van der Waals surface area (Å²) in [6.07, 6.45) is 0. The molecule has 19 heavy (non-hydrogen) atoms. The summed E-state index contributed by atoms with van der Waals surface area (Å²) in [4.78, 5) is 0. The standard InChI is InChI=1S/C16H18BrNO/c17-16-9-5-4-8-15(16)14(10-18)12-19-11-13-6-2-1-3-7-13/h1-9,14H,10-12,18H2. The Morgan fingerprint density at radius 3 is 2.37 bits per heavy atom. The van der Waals surface area contributed by atoms with Crippen LogP contribution >= 0.6 is 15.9 Å². The molecule has 2 aromatic carbocycles. The summed E-state index contributed by atoms with van der Waals surface area (Å²) < 4.78 is 6.87. The fraction of sp³-hybridized carbons (Fsp3) is 0.250. The number of halogens is 1. The molecule has 3 heteroatoms. The van der Waals surface area contributed by atoms with Crippen LogP contribution in [0.1, 0.15) is 17.0 Å². The third-order valence-corrected chi connectivity index (χ3v) is 3.78. The molecule has 0 radical (unpaired) electrons. The SMILES string of the molecule is NCC(COCc1ccccc1)c1ccccc1Br. The minimum atomic E-state index is 0.222. The fourth-order valence-electron chi connectivity index (χ4n) is 1.98. The van der Waals surface area contributed by atoms with Gasteiger partial charge in [-0.1, -0.05) is 64.5 Å².